The van der Waals surface area contributed by atoms with Gasteiger partial charge in [0.25, 0.3) is 0 Å². The first kappa shape index (κ1) is 11.8. The number of aliphatic hydroxyl groups is 1. The molecule has 1 atom stereocenters. The normalized spacial score (nSPS) is 12.3. The van der Waals surface area contributed by atoms with Crippen molar-refractivity contribution in [2.24, 2.45) is 5.73 Å². The van der Waals surface area contributed by atoms with Crippen LogP contribution in [0.3, 0.4) is 0 Å². The Morgan fingerprint density at radius 3 is 2.53 bits per heavy atom. The standard InChI is InChI=1S/C11H17NO3/c1-14-9-3-4-11(15-2)10(5-9)8(6-12)7-13/h3-5,8,13H,6-7,12H2,1-2H3. The van der Waals surface area contributed by atoms with E-state index in [1.807, 2.05) is 18.2 Å². The number of aliphatic hydroxyl groups excluding tert-OH is 1. The number of benzene rings is 1. The maximum atomic E-state index is 9.19. The Morgan fingerprint density at radius 2 is 2.07 bits per heavy atom. The summed E-state index contributed by atoms with van der Waals surface area (Å²) in [4.78, 5) is 0. The van der Waals surface area contributed by atoms with Gasteiger partial charge in [0.05, 0.1) is 20.8 Å². The van der Waals surface area contributed by atoms with Crippen LogP contribution in [0.5, 0.6) is 11.5 Å². The Labute approximate surface area is 89.6 Å². The topological polar surface area (TPSA) is 64.7 Å². The van der Waals surface area contributed by atoms with Gasteiger partial charge in [-0.1, -0.05) is 0 Å². The van der Waals surface area contributed by atoms with Crippen LogP contribution in [0.15, 0.2) is 18.2 Å². The lowest BCUT2D eigenvalue weighted by Crippen LogP contribution is -2.16. The number of nitrogens with two attached hydrogens (primary N) is 1. The molecule has 1 aromatic rings. The minimum absolute atomic E-state index is 0.0000274. The molecule has 0 heterocycles. The molecule has 4 nitrogen and oxygen atoms in total. The Bertz CT molecular complexity index is 311. The van der Waals surface area contributed by atoms with Crippen LogP contribution in [-0.4, -0.2) is 32.5 Å². The Morgan fingerprint density at radius 1 is 1.33 bits per heavy atom. The lowest BCUT2D eigenvalue weighted by molar-refractivity contribution is 0.264. The molecule has 3 N–H and O–H groups in total. The number of hydrogen-bond acceptors (Lipinski definition) is 4. The average Bonchev–Trinajstić information content (AvgIpc) is 2.30. The molecule has 0 aliphatic heterocycles. The SMILES string of the molecule is COc1ccc(OC)c(C(CN)CO)c1. The van der Waals surface area contributed by atoms with Crippen LogP contribution < -0.4 is 15.2 Å². The third-order valence-corrected chi connectivity index (χ3v) is 2.38. The van der Waals surface area contributed by atoms with Gasteiger partial charge in [-0.05, 0) is 18.2 Å². The third-order valence-electron chi connectivity index (χ3n) is 2.38. The minimum Gasteiger partial charge on any atom is -0.497 e. The van der Waals surface area contributed by atoms with Crippen LogP contribution in [-0.2, 0) is 0 Å². The van der Waals surface area contributed by atoms with Crippen LogP contribution in [0, 0.1) is 0 Å². The molecule has 0 aromatic heterocycles. The van der Waals surface area contributed by atoms with Crippen molar-refractivity contribution in [1.82, 2.24) is 0 Å². The van der Waals surface area contributed by atoms with Crippen LogP contribution in [0.2, 0.25) is 0 Å². The highest BCUT2D eigenvalue weighted by molar-refractivity contribution is 5.42. The van der Waals surface area contributed by atoms with E-state index in [0.717, 1.165) is 17.1 Å². The molecule has 15 heavy (non-hydrogen) atoms. The molecule has 4 heteroatoms. The lowest BCUT2D eigenvalue weighted by atomic mass is 9.99. The molecule has 1 unspecified atom stereocenters. The van der Waals surface area contributed by atoms with Gasteiger partial charge >= 0.3 is 0 Å². The zero-order chi connectivity index (χ0) is 11.3. The van der Waals surface area contributed by atoms with E-state index in [1.165, 1.54) is 0 Å². The van der Waals surface area contributed by atoms with E-state index >= 15 is 0 Å². The summed E-state index contributed by atoms with van der Waals surface area (Å²) in [7, 11) is 3.19. The maximum absolute atomic E-state index is 9.19. The van der Waals surface area contributed by atoms with Crippen molar-refractivity contribution in [1.29, 1.82) is 0 Å². The third kappa shape index (κ3) is 2.61. The number of rotatable bonds is 5. The average molecular weight is 211 g/mol. The smallest absolute Gasteiger partial charge is 0.122 e. The van der Waals surface area contributed by atoms with E-state index < -0.39 is 0 Å². The molecule has 0 amide bonds. The molecule has 0 spiro atoms. The Kier molecular flexibility index (Phi) is 4.39. The molecule has 0 bridgehead atoms. The van der Waals surface area contributed by atoms with Crippen LogP contribution in [0.25, 0.3) is 0 Å². The molecule has 0 saturated carbocycles. The highest BCUT2D eigenvalue weighted by atomic mass is 16.5. The van der Waals surface area contributed by atoms with E-state index in [9.17, 15) is 5.11 Å². The zero-order valence-corrected chi connectivity index (χ0v) is 9.06. The van der Waals surface area contributed by atoms with E-state index in [1.54, 1.807) is 14.2 Å². The van der Waals surface area contributed by atoms with Crippen molar-refractivity contribution >= 4 is 0 Å². The predicted molar refractivity (Wildman–Crippen MR) is 58.4 cm³/mol. The van der Waals surface area contributed by atoms with Gasteiger partial charge in [0.15, 0.2) is 0 Å². The van der Waals surface area contributed by atoms with Gasteiger partial charge in [-0.3, -0.25) is 0 Å². The monoisotopic (exact) mass is 211 g/mol. The van der Waals surface area contributed by atoms with Gasteiger partial charge in [-0.15, -0.1) is 0 Å². The molecule has 0 radical (unpaired) electrons. The molecular formula is C11H17NO3. The molecule has 84 valence electrons. The van der Waals surface area contributed by atoms with Gasteiger partial charge in [-0.2, -0.15) is 0 Å². The molecule has 0 saturated heterocycles. The second-order valence-corrected chi connectivity index (χ2v) is 3.22. The van der Waals surface area contributed by atoms with Gasteiger partial charge in [-0.25, -0.2) is 0 Å². The first-order chi connectivity index (χ1) is 7.26. The first-order valence-electron chi connectivity index (χ1n) is 4.79. The van der Waals surface area contributed by atoms with Crippen molar-refractivity contribution in [3.05, 3.63) is 23.8 Å². The molecule has 0 aliphatic rings. The fourth-order valence-electron chi connectivity index (χ4n) is 1.46. The highest BCUT2D eigenvalue weighted by Crippen LogP contribution is 2.29. The van der Waals surface area contributed by atoms with Crippen molar-refractivity contribution in [3.8, 4) is 11.5 Å². The molecule has 1 rings (SSSR count). The summed E-state index contributed by atoms with van der Waals surface area (Å²) in [6, 6.07) is 5.46. The van der Waals surface area contributed by atoms with E-state index in [2.05, 4.69) is 0 Å². The van der Waals surface area contributed by atoms with E-state index in [0.29, 0.717) is 6.54 Å². The predicted octanol–water partition coefficient (Wildman–Crippen LogP) is 0.738. The summed E-state index contributed by atoms with van der Waals surface area (Å²) in [5, 5.41) is 9.19. The molecule has 0 aliphatic carbocycles. The summed E-state index contributed by atoms with van der Waals surface area (Å²) in [6.07, 6.45) is 0. The van der Waals surface area contributed by atoms with Gasteiger partial charge < -0.3 is 20.3 Å². The van der Waals surface area contributed by atoms with Crippen molar-refractivity contribution in [2.75, 3.05) is 27.4 Å². The fourth-order valence-corrected chi connectivity index (χ4v) is 1.46. The van der Waals surface area contributed by atoms with Crippen molar-refractivity contribution in [2.45, 2.75) is 5.92 Å². The van der Waals surface area contributed by atoms with Crippen molar-refractivity contribution < 1.29 is 14.6 Å². The van der Waals surface area contributed by atoms with Crippen LogP contribution >= 0.6 is 0 Å². The van der Waals surface area contributed by atoms with Gasteiger partial charge in [0, 0.05) is 18.0 Å². The number of ether oxygens (including phenoxy) is 2. The summed E-state index contributed by atoms with van der Waals surface area (Å²) in [6.45, 7) is 0.375. The second kappa shape index (κ2) is 5.58. The highest BCUT2D eigenvalue weighted by Gasteiger charge is 2.14. The number of hydrogen-bond donors (Lipinski definition) is 2. The largest absolute Gasteiger partial charge is 0.497 e. The molecular weight excluding hydrogens is 194 g/mol. The first-order valence-corrected chi connectivity index (χ1v) is 4.79. The minimum atomic E-state index is -0.116. The van der Waals surface area contributed by atoms with E-state index in [4.69, 9.17) is 15.2 Å². The summed E-state index contributed by atoms with van der Waals surface area (Å²) in [5.74, 6) is 1.34. The fraction of sp³-hybridized carbons (Fsp3) is 0.455. The Hall–Kier alpha value is -1.26. The molecule has 0 fully saturated rings. The number of methoxy groups -OCH3 is 2. The summed E-state index contributed by atoms with van der Waals surface area (Å²) >= 11 is 0. The zero-order valence-electron chi connectivity index (χ0n) is 9.06. The van der Waals surface area contributed by atoms with Gasteiger partial charge in [0.1, 0.15) is 11.5 Å². The second-order valence-electron chi connectivity index (χ2n) is 3.22. The maximum Gasteiger partial charge on any atom is 0.122 e. The van der Waals surface area contributed by atoms with E-state index in [-0.39, 0.29) is 12.5 Å². The molecule has 1 aromatic carbocycles. The van der Waals surface area contributed by atoms with Crippen molar-refractivity contribution in [3.63, 3.8) is 0 Å². The summed E-state index contributed by atoms with van der Waals surface area (Å²) < 4.78 is 10.3. The summed E-state index contributed by atoms with van der Waals surface area (Å²) in [5.41, 5.74) is 6.45. The quantitative estimate of drug-likeness (QED) is 0.754. The Balaban J connectivity index is 3.09. The van der Waals surface area contributed by atoms with Crippen LogP contribution in [0.1, 0.15) is 11.5 Å². The van der Waals surface area contributed by atoms with Gasteiger partial charge in [0.2, 0.25) is 0 Å². The van der Waals surface area contributed by atoms with Crippen LogP contribution in [0.4, 0.5) is 0 Å². The lowest BCUT2D eigenvalue weighted by Gasteiger charge is -2.16.